The molecule has 20 heavy (non-hydrogen) atoms. The van der Waals surface area contributed by atoms with E-state index in [1.54, 1.807) is 19.2 Å². The van der Waals surface area contributed by atoms with Crippen LogP contribution in [0.1, 0.15) is 23.5 Å². The van der Waals surface area contributed by atoms with Crippen molar-refractivity contribution in [3.63, 3.8) is 0 Å². The molecule has 102 valence electrons. The summed E-state index contributed by atoms with van der Waals surface area (Å²) in [7, 11) is 1.61. The van der Waals surface area contributed by atoms with E-state index in [9.17, 15) is 9.90 Å². The lowest BCUT2D eigenvalue weighted by Crippen LogP contribution is -2.20. The van der Waals surface area contributed by atoms with E-state index in [-0.39, 0.29) is 24.1 Å². The highest BCUT2D eigenvalue weighted by atomic mass is 16.5. The largest absolute Gasteiger partial charge is 0.508 e. The number of fused-ring (bicyclic) bond motifs is 1. The summed E-state index contributed by atoms with van der Waals surface area (Å²) >= 11 is 0. The minimum absolute atomic E-state index is 0.107. The van der Waals surface area contributed by atoms with Crippen molar-refractivity contribution >= 4 is 5.97 Å². The lowest BCUT2D eigenvalue weighted by Gasteiger charge is -2.25. The van der Waals surface area contributed by atoms with E-state index in [1.807, 2.05) is 24.3 Å². The molecule has 4 heteroatoms. The molecule has 2 aromatic rings. The molecular weight excluding hydrogens is 256 g/mol. The number of benzene rings is 2. The standard InChI is InChI=1S/C16H14O4/c1-19-12-5-2-10(3-6-12)13-9-16(18)20-15-7-4-11(17)8-14(13)15/h2-8,13,17H,9H2,1H3/t13-/m0/s1. The molecule has 1 N–H and O–H groups in total. The van der Waals surface area contributed by atoms with E-state index in [0.29, 0.717) is 5.75 Å². The van der Waals surface area contributed by atoms with Crippen LogP contribution in [0, 0.1) is 0 Å². The van der Waals surface area contributed by atoms with Gasteiger partial charge in [-0.25, -0.2) is 0 Å². The minimum atomic E-state index is -0.260. The van der Waals surface area contributed by atoms with Crippen LogP contribution >= 0.6 is 0 Å². The summed E-state index contributed by atoms with van der Waals surface area (Å²) < 4.78 is 10.3. The van der Waals surface area contributed by atoms with Gasteiger partial charge in [-0.05, 0) is 35.9 Å². The van der Waals surface area contributed by atoms with E-state index in [0.717, 1.165) is 16.9 Å². The first-order valence-corrected chi connectivity index (χ1v) is 6.35. The average Bonchev–Trinajstić information content (AvgIpc) is 2.47. The normalized spacial score (nSPS) is 17.2. The SMILES string of the molecule is COc1ccc([C@@H]2CC(=O)Oc3ccc(O)cc32)cc1. The molecule has 2 aromatic carbocycles. The highest BCUT2D eigenvalue weighted by Gasteiger charge is 2.28. The molecule has 1 heterocycles. The number of hydrogen-bond acceptors (Lipinski definition) is 4. The van der Waals surface area contributed by atoms with Gasteiger partial charge in [0.2, 0.25) is 0 Å². The van der Waals surface area contributed by atoms with Gasteiger partial charge in [0, 0.05) is 11.5 Å². The van der Waals surface area contributed by atoms with Crippen LogP contribution in [0.15, 0.2) is 42.5 Å². The number of phenols is 1. The molecule has 3 rings (SSSR count). The zero-order valence-corrected chi connectivity index (χ0v) is 11.0. The highest BCUT2D eigenvalue weighted by molar-refractivity contribution is 5.77. The molecule has 0 amide bonds. The van der Waals surface area contributed by atoms with E-state index in [1.165, 1.54) is 6.07 Å². The Kier molecular flexibility index (Phi) is 3.06. The fraction of sp³-hybridized carbons (Fsp3) is 0.188. The van der Waals surface area contributed by atoms with Crippen LogP contribution in [0.5, 0.6) is 17.2 Å². The van der Waals surface area contributed by atoms with Gasteiger partial charge in [-0.15, -0.1) is 0 Å². The van der Waals surface area contributed by atoms with Crippen LogP contribution in [0.3, 0.4) is 0 Å². The summed E-state index contributed by atoms with van der Waals surface area (Å²) in [5, 5.41) is 9.64. The number of phenolic OH excluding ortho intramolecular Hbond substituents is 1. The number of esters is 1. The highest BCUT2D eigenvalue weighted by Crippen LogP contribution is 2.40. The number of rotatable bonds is 2. The molecule has 0 saturated carbocycles. The number of aromatic hydroxyl groups is 1. The first-order chi connectivity index (χ1) is 9.67. The third-order valence-electron chi connectivity index (χ3n) is 3.48. The van der Waals surface area contributed by atoms with E-state index >= 15 is 0 Å². The van der Waals surface area contributed by atoms with Gasteiger partial charge in [-0.2, -0.15) is 0 Å². The zero-order chi connectivity index (χ0) is 14.1. The Hall–Kier alpha value is -2.49. The Morgan fingerprint density at radius 1 is 1.20 bits per heavy atom. The molecule has 1 atom stereocenters. The molecule has 0 saturated heterocycles. The number of carbonyl (C=O) groups excluding carboxylic acids is 1. The predicted molar refractivity (Wildman–Crippen MR) is 73.2 cm³/mol. The Morgan fingerprint density at radius 3 is 2.65 bits per heavy atom. The zero-order valence-electron chi connectivity index (χ0n) is 11.0. The van der Waals surface area contributed by atoms with Gasteiger partial charge in [0.05, 0.1) is 13.5 Å². The summed E-state index contributed by atoms with van der Waals surface area (Å²) in [6.45, 7) is 0. The third kappa shape index (κ3) is 2.20. The van der Waals surface area contributed by atoms with E-state index in [2.05, 4.69) is 0 Å². The number of carbonyl (C=O) groups is 1. The summed E-state index contributed by atoms with van der Waals surface area (Å²) in [6.07, 6.45) is 0.267. The number of hydrogen-bond donors (Lipinski definition) is 1. The van der Waals surface area contributed by atoms with Crippen molar-refractivity contribution in [1.29, 1.82) is 0 Å². The van der Waals surface area contributed by atoms with Crippen molar-refractivity contribution in [2.75, 3.05) is 7.11 Å². The maximum absolute atomic E-state index is 11.7. The van der Waals surface area contributed by atoms with Gasteiger partial charge in [0.1, 0.15) is 17.2 Å². The molecule has 4 nitrogen and oxygen atoms in total. The smallest absolute Gasteiger partial charge is 0.312 e. The average molecular weight is 270 g/mol. The second-order valence-electron chi connectivity index (χ2n) is 4.73. The van der Waals surface area contributed by atoms with E-state index in [4.69, 9.17) is 9.47 Å². The maximum atomic E-state index is 11.7. The molecule has 0 fully saturated rings. The van der Waals surface area contributed by atoms with Crippen molar-refractivity contribution in [2.24, 2.45) is 0 Å². The second kappa shape index (κ2) is 4.89. The number of methoxy groups -OCH3 is 1. The maximum Gasteiger partial charge on any atom is 0.312 e. The predicted octanol–water partition coefficient (Wildman–Crippen LogP) is 2.84. The minimum Gasteiger partial charge on any atom is -0.508 e. The summed E-state index contributed by atoms with van der Waals surface area (Å²) in [4.78, 5) is 11.7. The lowest BCUT2D eigenvalue weighted by atomic mass is 9.86. The van der Waals surface area contributed by atoms with Gasteiger partial charge in [0.15, 0.2) is 0 Å². The van der Waals surface area contributed by atoms with Gasteiger partial charge in [-0.1, -0.05) is 12.1 Å². The van der Waals surface area contributed by atoms with Crippen molar-refractivity contribution in [2.45, 2.75) is 12.3 Å². The summed E-state index contributed by atoms with van der Waals surface area (Å²) in [5.41, 5.74) is 1.82. The molecule has 0 bridgehead atoms. The summed E-state index contributed by atoms with van der Waals surface area (Å²) in [6, 6.07) is 12.4. The second-order valence-corrected chi connectivity index (χ2v) is 4.73. The molecular formula is C16H14O4. The monoisotopic (exact) mass is 270 g/mol. The molecule has 1 aliphatic heterocycles. The summed E-state index contributed by atoms with van der Waals surface area (Å²) in [5.74, 6) is 1.08. The lowest BCUT2D eigenvalue weighted by molar-refractivity contribution is -0.135. The Morgan fingerprint density at radius 2 is 1.95 bits per heavy atom. The van der Waals surface area contributed by atoms with Crippen molar-refractivity contribution in [3.8, 4) is 17.2 Å². The van der Waals surface area contributed by atoms with Gasteiger partial charge >= 0.3 is 5.97 Å². The van der Waals surface area contributed by atoms with Crippen LogP contribution in [-0.4, -0.2) is 18.2 Å². The third-order valence-corrected chi connectivity index (χ3v) is 3.48. The van der Waals surface area contributed by atoms with Crippen LogP contribution in [-0.2, 0) is 4.79 Å². The number of ether oxygens (including phenoxy) is 2. The Bertz CT molecular complexity index is 646. The topological polar surface area (TPSA) is 55.8 Å². The van der Waals surface area contributed by atoms with E-state index < -0.39 is 0 Å². The van der Waals surface area contributed by atoms with Crippen molar-refractivity contribution < 1.29 is 19.4 Å². The quantitative estimate of drug-likeness (QED) is 0.673. The Balaban J connectivity index is 2.04. The fourth-order valence-electron chi connectivity index (χ4n) is 2.48. The molecule has 0 unspecified atom stereocenters. The molecule has 0 aromatic heterocycles. The van der Waals surface area contributed by atoms with Gasteiger partial charge in [-0.3, -0.25) is 4.79 Å². The molecule has 0 radical (unpaired) electrons. The van der Waals surface area contributed by atoms with Crippen LogP contribution in [0.2, 0.25) is 0 Å². The van der Waals surface area contributed by atoms with Gasteiger partial charge in [0.25, 0.3) is 0 Å². The Labute approximate surface area is 116 Å². The van der Waals surface area contributed by atoms with Crippen molar-refractivity contribution in [3.05, 3.63) is 53.6 Å². The molecule has 1 aliphatic rings. The first-order valence-electron chi connectivity index (χ1n) is 6.35. The van der Waals surface area contributed by atoms with Crippen LogP contribution < -0.4 is 9.47 Å². The van der Waals surface area contributed by atoms with Gasteiger partial charge < -0.3 is 14.6 Å². The van der Waals surface area contributed by atoms with Crippen molar-refractivity contribution in [1.82, 2.24) is 0 Å². The fourth-order valence-corrected chi connectivity index (χ4v) is 2.48. The van der Waals surface area contributed by atoms with Crippen LogP contribution in [0.25, 0.3) is 0 Å². The molecule has 0 spiro atoms. The molecule has 0 aliphatic carbocycles. The van der Waals surface area contributed by atoms with Crippen LogP contribution in [0.4, 0.5) is 0 Å². The first kappa shape index (κ1) is 12.5.